The number of hydrogen-bond acceptors (Lipinski definition) is 3. The molecule has 0 radical (unpaired) electrons. The second-order valence-corrected chi connectivity index (χ2v) is 6.63. The van der Waals surface area contributed by atoms with Gasteiger partial charge in [0.05, 0.1) is 12.5 Å². The van der Waals surface area contributed by atoms with Crippen molar-refractivity contribution in [3.05, 3.63) is 78.3 Å². The Morgan fingerprint density at radius 3 is 2.32 bits per heavy atom. The van der Waals surface area contributed by atoms with E-state index in [0.29, 0.717) is 6.04 Å². The normalized spacial score (nSPS) is 16.9. The lowest BCUT2D eigenvalue weighted by Gasteiger charge is -2.12. The van der Waals surface area contributed by atoms with Gasteiger partial charge in [0, 0.05) is 11.6 Å². The highest BCUT2D eigenvalue weighted by Crippen LogP contribution is 2.22. The van der Waals surface area contributed by atoms with Crippen LogP contribution >= 0.6 is 0 Å². The van der Waals surface area contributed by atoms with E-state index in [1.54, 1.807) is 12.5 Å². The van der Waals surface area contributed by atoms with Crippen molar-refractivity contribution in [2.45, 2.75) is 25.3 Å². The monoisotopic (exact) mass is 333 g/mol. The van der Waals surface area contributed by atoms with E-state index in [1.165, 1.54) is 29.5 Å². The molecule has 0 saturated carbocycles. The van der Waals surface area contributed by atoms with Crippen LogP contribution in [0.4, 0.5) is 0 Å². The number of ether oxygens (including phenoxy) is 1. The summed E-state index contributed by atoms with van der Waals surface area (Å²) in [5.74, 6) is 0.952. The first-order valence-electron chi connectivity index (χ1n) is 8.93. The first-order valence-corrected chi connectivity index (χ1v) is 8.93. The summed E-state index contributed by atoms with van der Waals surface area (Å²) in [4.78, 5) is 0. The first-order chi connectivity index (χ1) is 12.4. The van der Waals surface area contributed by atoms with E-state index in [0.717, 1.165) is 30.9 Å². The smallest absolute Gasteiger partial charge is 0.119 e. The molecule has 2 heterocycles. The number of furan rings is 1. The molecule has 1 atom stereocenters. The van der Waals surface area contributed by atoms with Gasteiger partial charge >= 0.3 is 0 Å². The molecule has 128 valence electrons. The first kappa shape index (κ1) is 16.0. The van der Waals surface area contributed by atoms with Crippen molar-refractivity contribution >= 4 is 0 Å². The maximum absolute atomic E-state index is 5.88. The fourth-order valence-electron chi connectivity index (χ4n) is 3.28. The predicted octanol–water partition coefficient (Wildman–Crippen LogP) is 4.67. The molecule has 0 amide bonds. The van der Waals surface area contributed by atoms with Crippen molar-refractivity contribution in [1.82, 2.24) is 5.32 Å². The van der Waals surface area contributed by atoms with Gasteiger partial charge in [0.15, 0.2) is 0 Å². The molecular formula is C22H23NO2. The van der Waals surface area contributed by atoms with Gasteiger partial charge in [-0.2, -0.15) is 0 Å². The van der Waals surface area contributed by atoms with Gasteiger partial charge in [-0.05, 0) is 60.7 Å². The molecule has 0 aliphatic carbocycles. The molecule has 3 aromatic rings. The summed E-state index contributed by atoms with van der Waals surface area (Å²) < 4.78 is 11.0. The van der Waals surface area contributed by atoms with Crippen molar-refractivity contribution in [2.24, 2.45) is 0 Å². The third-order valence-electron chi connectivity index (χ3n) is 4.75. The van der Waals surface area contributed by atoms with E-state index in [1.807, 2.05) is 6.07 Å². The molecule has 1 aliphatic rings. The Morgan fingerprint density at radius 2 is 1.68 bits per heavy atom. The maximum Gasteiger partial charge on any atom is 0.119 e. The molecule has 1 N–H and O–H groups in total. The highest BCUT2D eigenvalue weighted by atomic mass is 16.5. The van der Waals surface area contributed by atoms with Crippen LogP contribution in [0.1, 0.15) is 24.0 Å². The molecule has 25 heavy (non-hydrogen) atoms. The van der Waals surface area contributed by atoms with Crippen LogP contribution in [0.5, 0.6) is 5.75 Å². The molecule has 3 nitrogen and oxygen atoms in total. The van der Waals surface area contributed by atoms with E-state index < -0.39 is 0 Å². The quantitative estimate of drug-likeness (QED) is 0.712. The van der Waals surface area contributed by atoms with Crippen molar-refractivity contribution in [2.75, 3.05) is 13.2 Å². The SMILES string of the molecule is c1cc(-c2ccc(Cc3ccc(OCC4CCCN4)cc3)cc2)co1. The fourth-order valence-corrected chi connectivity index (χ4v) is 3.28. The van der Waals surface area contributed by atoms with Crippen LogP contribution in [0, 0.1) is 0 Å². The lowest BCUT2D eigenvalue weighted by Crippen LogP contribution is -2.28. The minimum absolute atomic E-state index is 0.508. The van der Waals surface area contributed by atoms with Crippen molar-refractivity contribution in [3.63, 3.8) is 0 Å². The number of hydrogen-bond donors (Lipinski definition) is 1. The zero-order valence-electron chi connectivity index (χ0n) is 14.3. The molecule has 1 aliphatic heterocycles. The Hall–Kier alpha value is -2.52. The van der Waals surface area contributed by atoms with E-state index in [2.05, 4.69) is 53.8 Å². The summed E-state index contributed by atoms with van der Waals surface area (Å²) in [7, 11) is 0. The second kappa shape index (κ2) is 7.58. The number of nitrogens with one attached hydrogen (secondary N) is 1. The van der Waals surface area contributed by atoms with Crippen LogP contribution in [0.3, 0.4) is 0 Å². The van der Waals surface area contributed by atoms with E-state index in [9.17, 15) is 0 Å². The van der Waals surface area contributed by atoms with E-state index in [-0.39, 0.29) is 0 Å². The second-order valence-electron chi connectivity index (χ2n) is 6.63. The summed E-state index contributed by atoms with van der Waals surface area (Å²) in [6.07, 6.45) is 6.87. The topological polar surface area (TPSA) is 34.4 Å². The predicted molar refractivity (Wildman–Crippen MR) is 99.9 cm³/mol. The minimum atomic E-state index is 0.508. The number of rotatable bonds is 6. The summed E-state index contributed by atoms with van der Waals surface area (Å²) in [6, 6.07) is 19.6. The van der Waals surface area contributed by atoms with Crippen LogP contribution in [0.15, 0.2) is 71.5 Å². The Morgan fingerprint density at radius 1 is 0.920 bits per heavy atom. The van der Waals surface area contributed by atoms with Gasteiger partial charge in [-0.1, -0.05) is 36.4 Å². The van der Waals surface area contributed by atoms with Crippen LogP contribution in [-0.2, 0) is 6.42 Å². The molecule has 0 bridgehead atoms. The lowest BCUT2D eigenvalue weighted by atomic mass is 10.0. The average Bonchev–Trinajstić information content (AvgIpc) is 3.36. The molecule has 1 unspecified atom stereocenters. The zero-order chi connectivity index (χ0) is 16.9. The highest BCUT2D eigenvalue weighted by molar-refractivity contribution is 5.62. The Kier molecular flexibility index (Phi) is 4.84. The van der Waals surface area contributed by atoms with Crippen molar-refractivity contribution < 1.29 is 9.15 Å². The van der Waals surface area contributed by atoms with Gasteiger partial charge < -0.3 is 14.5 Å². The Labute approximate surface area is 148 Å². The van der Waals surface area contributed by atoms with Gasteiger partial charge in [0.1, 0.15) is 12.4 Å². The maximum atomic E-state index is 5.88. The van der Waals surface area contributed by atoms with Crippen LogP contribution in [0.25, 0.3) is 11.1 Å². The van der Waals surface area contributed by atoms with Crippen molar-refractivity contribution in [1.29, 1.82) is 0 Å². The molecule has 1 saturated heterocycles. The average molecular weight is 333 g/mol. The van der Waals surface area contributed by atoms with E-state index >= 15 is 0 Å². The van der Waals surface area contributed by atoms with Crippen LogP contribution in [0.2, 0.25) is 0 Å². The summed E-state index contributed by atoms with van der Waals surface area (Å²) in [5, 5.41) is 3.45. The van der Waals surface area contributed by atoms with Gasteiger partial charge in [0.2, 0.25) is 0 Å². The molecule has 4 rings (SSSR count). The summed E-state index contributed by atoms with van der Waals surface area (Å²) in [6.45, 7) is 1.88. The van der Waals surface area contributed by atoms with Gasteiger partial charge in [-0.25, -0.2) is 0 Å². The summed E-state index contributed by atoms with van der Waals surface area (Å²) in [5.41, 5.74) is 4.89. The van der Waals surface area contributed by atoms with Crippen LogP contribution in [-0.4, -0.2) is 19.2 Å². The third kappa shape index (κ3) is 4.12. The lowest BCUT2D eigenvalue weighted by molar-refractivity contribution is 0.277. The Bertz CT molecular complexity index is 770. The third-order valence-corrected chi connectivity index (χ3v) is 4.75. The highest BCUT2D eigenvalue weighted by Gasteiger charge is 2.14. The standard InChI is InChI=1S/C22H23NO2/c1-2-21(23-12-1)16-25-22-9-5-18(6-10-22)14-17-3-7-19(8-4-17)20-11-13-24-15-20/h3-11,13,15,21,23H,1-2,12,14,16H2. The van der Waals surface area contributed by atoms with Gasteiger partial charge in [-0.3, -0.25) is 0 Å². The van der Waals surface area contributed by atoms with Gasteiger partial charge in [-0.15, -0.1) is 0 Å². The zero-order valence-corrected chi connectivity index (χ0v) is 14.3. The molecule has 1 fully saturated rings. The molecule has 3 heteroatoms. The fraction of sp³-hybridized carbons (Fsp3) is 0.273. The molecular weight excluding hydrogens is 310 g/mol. The summed E-state index contributed by atoms with van der Waals surface area (Å²) >= 11 is 0. The molecule has 2 aromatic carbocycles. The molecule has 1 aromatic heterocycles. The minimum Gasteiger partial charge on any atom is -0.492 e. The largest absolute Gasteiger partial charge is 0.492 e. The van der Waals surface area contributed by atoms with Gasteiger partial charge in [0.25, 0.3) is 0 Å². The molecule has 0 spiro atoms. The Balaban J connectivity index is 1.34. The number of benzene rings is 2. The van der Waals surface area contributed by atoms with Crippen molar-refractivity contribution in [3.8, 4) is 16.9 Å². The van der Waals surface area contributed by atoms with Crippen LogP contribution < -0.4 is 10.1 Å². The van der Waals surface area contributed by atoms with E-state index in [4.69, 9.17) is 9.15 Å².